The second-order valence-corrected chi connectivity index (χ2v) is 5.69. The number of carbonyl (C=O) groups is 2. The first-order valence-electron chi connectivity index (χ1n) is 5.47. The highest BCUT2D eigenvalue weighted by atomic mass is 32.1. The smallest absolute Gasteiger partial charge is 0.408 e. The van der Waals surface area contributed by atoms with E-state index >= 15 is 0 Å². The average Bonchev–Trinajstić information content (AvgIpc) is 2.67. The number of ether oxygens (including phenoxy) is 2. The molecule has 0 unspecified atom stereocenters. The van der Waals surface area contributed by atoms with Gasteiger partial charge in [0.25, 0.3) is 0 Å². The molecule has 0 radical (unpaired) electrons. The van der Waals surface area contributed by atoms with Crippen LogP contribution in [-0.2, 0) is 11.3 Å². The number of carboxylic acid groups (broad SMARTS) is 1. The molecule has 0 saturated carbocycles. The molecule has 7 nitrogen and oxygen atoms in total. The number of hydrogen-bond donors (Lipinski definition) is 2. The van der Waals surface area contributed by atoms with Crippen LogP contribution in [0.2, 0.25) is 0 Å². The zero-order valence-corrected chi connectivity index (χ0v) is 12.0. The molecule has 8 heteroatoms. The van der Waals surface area contributed by atoms with Gasteiger partial charge in [-0.2, -0.15) is 0 Å². The van der Waals surface area contributed by atoms with E-state index in [1.54, 1.807) is 20.8 Å². The lowest BCUT2D eigenvalue weighted by atomic mass is 10.2. The van der Waals surface area contributed by atoms with Crippen molar-refractivity contribution in [1.82, 2.24) is 10.3 Å². The van der Waals surface area contributed by atoms with Crippen molar-refractivity contribution >= 4 is 23.4 Å². The number of amides is 1. The van der Waals surface area contributed by atoms with Crippen molar-refractivity contribution in [1.29, 1.82) is 0 Å². The molecule has 0 bridgehead atoms. The van der Waals surface area contributed by atoms with E-state index in [-0.39, 0.29) is 17.3 Å². The van der Waals surface area contributed by atoms with Crippen LogP contribution in [-0.4, -0.2) is 34.9 Å². The fourth-order valence-corrected chi connectivity index (χ4v) is 1.97. The largest absolute Gasteiger partial charge is 0.480 e. The lowest BCUT2D eigenvalue weighted by molar-refractivity contribution is 0.0522. The number of rotatable bonds is 4. The van der Waals surface area contributed by atoms with Crippen LogP contribution in [0.25, 0.3) is 0 Å². The van der Waals surface area contributed by atoms with Crippen molar-refractivity contribution in [3.63, 3.8) is 0 Å². The molecule has 1 heterocycles. The molecule has 0 aliphatic rings. The Balaban J connectivity index is 2.64. The number of carboxylic acids is 1. The van der Waals surface area contributed by atoms with Crippen molar-refractivity contribution in [2.45, 2.75) is 32.9 Å². The topological polar surface area (TPSA) is 97.8 Å². The van der Waals surface area contributed by atoms with E-state index in [0.717, 1.165) is 11.3 Å². The summed E-state index contributed by atoms with van der Waals surface area (Å²) in [5.41, 5.74) is -0.586. The standard InChI is InChI=1S/C11H16N2O5S/c1-11(2,3)18-10(16)12-5-6-13-8(17-4)7(19-6)9(14)15/h5H2,1-4H3,(H,12,16)(H,14,15). The summed E-state index contributed by atoms with van der Waals surface area (Å²) >= 11 is 0.946. The number of alkyl carbamates (subject to hydrolysis) is 1. The highest BCUT2D eigenvalue weighted by Gasteiger charge is 2.20. The van der Waals surface area contributed by atoms with Crippen LogP contribution in [0.4, 0.5) is 4.79 Å². The first-order chi connectivity index (χ1) is 8.73. The zero-order valence-electron chi connectivity index (χ0n) is 11.1. The fraction of sp³-hybridized carbons (Fsp3) is 0.545. The van der Waals surface area contributed by atoms with Crippen molar-refractivity contribution in [3.05, 3.63) is 9.88 Å². The number of hydrogen-bond acceptors (Lipinski definition) is 6. The third kappa shape index (κ3) is 4.74. The monoisotopic (exact) mass is 288 g/mol. The van der Waals surface area contributed by atoms with Gasteiger partial charge in [-0.05, 0) is 20.8 Å². The lowest BCUT2D eigenvalue weighted by Crippen LogP contribution is -2.32. The molecule has 2 N–H and O–H groups in total. The van der Waals surface area contributed by atoms with E-state index in [1.165, 1.54) is 7.11 Å². The van der Waals surface area contributed by atoms with Gasteiger partial charge in [0.05, 0.1) is 13.7 Å². The van der Waals surface area contributed by atoms with Crippen LogP contribution in [0.1, 0.15) is 35.5 Å². The van der Waals surface area contributed by atoms with E-state index in [2.05, 4.69) is 10.3 Å². The third-order valence-electron chi connectivity index (χ3n) is 1.81. The van der Waals surface area contributed by atoms with E-state index < -0.39 is 17.7 Å². The molecule has 0 aliphatic carbocycles. The Morgan fingerprint density at radius 1 is 1.42 bits per heavy atom. The molecule has 1 aromatic heterocycles. The normalized spacial score (nSPS) is 10.9. The molecule has 0 saturated heterocycles. The summed E-state index contributed by atoms with van der Waals surface area (Å²) in [5.74, 6) is -1.07. The average molecular weight is 288 g/mol. The Morgan fingerprint density at radius 2 is 2.05 bits per heavy atom. The van der Waals surface area contributed by atoms with Crippen LogP contribution < -0.4 is 10.1 Å². The Bertz CT molecular complexity index is 478. The van der Waals surface area contributed by atoms with Gasteiger partial charge >= 0.3 is 12.1 Å². The van der Waals surface area contributed by atoms with Gasteiger partial charge in [0, 0.05) is 0 Å². The predicted molar refractivity (Wildman–Crippen MR) is 68.7 cm³/mol. The Hall–Kier alpha value is -1.83. The van der Waals surface area contributed by atoms with Crippen LogP contribution >= 0.6 is 11.3 Å². The summed E-state index contributed by atoms with van der Waals surface area (Å²) in [6, 6.07) is 0. The Morgan fingerprint density at radius 3 is 2.47 bits per heavy atom. The molecule has 0 aromatic carbocycles. The van der Waals surface area contributed by atoms with Gasteiger partial charge < -0.3 is 19.9 Å². The molecule has 0 fully saturated rings. The molecule has 0 spiro atoms. The van der Waals surface area contributed by atoms with Gasteiger partial charge in [0.2, 0.25) is 5.88 Å². The van der Waals surface area contributed by atoms with Crippen molar-refractivity contribution < 1.29 is 24.2 Å². The van der Waals surface area contributed by atoms with Gasteiger partial charge in [-0.15, -0.1) is 11.3 Å². The highest BCUT2D eigenvalue weighted by Crippen LogP contribution is 2.24. The Kier molecular flexibility index (Phi) is 4.71. The second-order valence-electron chi connectivity index (χ2n) is 4.61. The second kappa shape index (κ2) is 5.87. The summed E-state index contributed by atoms with van der Waals surface area (Å²) in [7, 11) is 1.34. The fourth-order valence-electron chi connectivity index (χ4n) is 1.16. The quantitative estimate of drug-likeness (QED) is 0.877. The summed E-state index contributed by atoms with van der Waals surface area (Å²) in [6.07, 6.45) is -0.585. The van der Waals surface area contributed by atoms with Crippen LogP contribution in [0.5, 0.6) is 5.88 Å². The van der Waals surface area contributed by atoms with Gasteiger partial charge in [0.1, 0.15) is 10.6 Å². The van der Waals surface area contributed by atoms with E-state index in [4.69, 9.17) is 14.6 Å². The van der Waals surface area contributed by atoms with Crippen molar-refractivity contribution in [3.8, 4) is 5.88 Å². The summed E-state index contributed by atoms with van der Waals surface area (Å²) < 4.78 is 9.90. The van der Waals surface area contributed by atoms with Crippen molar-refractivity contribution in [2.75, 3.05) is 7.11 Å². The molecule has 106 valence electrons. The van der Waals surface area contributed by atoms with Crippen LogP contribution in [0.3, 0.4) is 0 Å². The minimum atomic E-state index is -1.11. The summed E-state index contributed by atoms with van der Waals surface area (Å²) in [6.45, 7) is 5.34. The van der Waals surface area contributed by atoms with Crippen LogP contribution in [0, 0.1) is 0 Å². The first kappa shape index (κ1) is 15.2. The maximum atomic E-state index is 11.4. The maximum Gasteiger partial charge on any atom is 0.408 e. The number of aromatic nitrogens is 1. The predicted octanol–water partition coefficient (Wildman–Crippen LogP) is 1.87. The third-order valence-corrected chi connectivity index (χ3v) is 2.84. The number of nitrogens with zero attached hydrogens (tertiary/aromatic N) is 1. The number of nitrogens with one attached hydrogen (secondary N) is 1. The lowest BCUT2D eigenvalue weighted by Gasteiger charge is -2.19. The maximum absolute atomic E-state index is 11.4. The highest BCUT2D eigenvalue weighted by molar-refractivity contribution is 7.13. The molecule has 1 amide bonds. The van der Waals surface area contributed by atoms with Crippen LogP contribution in [0.15, 0.2) is 0 Å². The minimum Gasteiger partial charge on any atom is -0.480 e. The molecule has 1 rings (SSSR count). The molecule has 0 atom stereocenters. The molecular formula is C11H16N2O5S. The molecule has 19 heavy (non-hydrogen) atoms. The number of methoxy groups -OCH3 is 1. The van der Waals surface area contributed by atoms with Crippen molar-refractivity contribution in [2.24, 2.45) is 0 Å². The number of carbonyl (C=O) groups excluding carboxylic acids is 1. The SMILES string of the molecule is COc1nc(CNC(=O)OC(C)(C)C)sc1C(=O)O. The van der Waals surface area contributed by atoms with Gasteiger partial charge in [-0.25, -0.2) is 14.6 Å². The van der Waals surface area contributed by atoms with E-state index in [1.807, 2.05) is 0 Å². The van der Waals surface area contributed by atoms with Gasteiger partial charge in [-0.3, -0.25) is 0 Å². The summed E-state index contributed by atoms with van der Waals surface area (Å²) in [5, 5.41) is 11.8. The number of thiazole rings is 1. The van der Waals surface area contributed by atoms with E-state index in [9.17, 15) is 9.59 Å². The number of aromatic carboxylic acids is 1. The molecule has 1 aromatic rings. The summed E-state index contributed by atoms with van der Waals surface area (Å²) in [4.78, 5) is 26.3. The van der Waals surface area contributed by atoms with Gasteiger partial charge in [0.15, 0.2) is 4.88 Å². The van der Waals surface area contributed by atoms with E-state index in [0.29, 0.717) is 5.01 Å². The molecule has 0 aliphatic heterocycles. The minimum absolute atomic E-state index is 0.00323. The Labute approximate surface area is 114 Å². The first-order valence-corrected chi connectivity index (χ1v) is 6.28. The van der Waals surface area contributed by atoms with Gasteiger partial charge in [-0.1, -0.05) is 0 Å². The zero-order chi connectivity index (χ0) is 14.6. The molecular weight excluding hydrogens is 272 g/mol.